The van der Waals surface area contributed by atoms with Crippen LogP contribution in [0.4, 0.5) is 4.39 Å². The molecule has 1 aliphatic rings. The molecular formula is C27H25FN6O3. The van der Waals surface area contributed by atoms with Crippen LogP contribution in [0.2, 0.25) is 0 Å². The number of aromatic nitrogens is 3. The lowest BCUT2D eigenvalue weighted by atomic mass is 10.1. The van der Waals surface area contributed by atoms with Crippen LogP contribution in [0.1, 0.15) is 18.1 Å². The van der Waals surface area contributed by atoms with Crippen LogP contribution in [0, 0.1) is 12.3 Å². The van der Waals surface area contributed by atoms with Crippen LogP contribution in [0.3, 0.4) is 0 Å². The third-order valence-electron chi connectivity index (χ3n) is 6.21. The molecule has 1 aromatic heterocycles. The van der Waals surface area contributed by atoms with E-state index in [1.807, 2.05) is 43.3 Å². The van der Waals surface area contributed by atoms with E-state index >= 15 is 0 Å². The number of ether oxygens (including phenoxy) is 1. The van der Waals surface area contributed by atoms with Gasteiger partial charge in [0.1, 0.15) is 11.5 Å². The number of benzene rings is 3. The molecule has 188 valence electrons. The SMILES string of the molecule is Cc1cccc(-n2c(=O)[nH]c(=O)n(-c3ccc(Oc4ccccc4)c(CN4C=NC(F)C4C)c3)c2=N)c1. The molecule has 5 rings (SSSR count). The lowest BCUT2D eigenvalue weighted by Gasteiger charge is -2.23. The van der Waals surface area contributed by atoms with Crippen molar-refractivity contribution in [3.63, 3.8) is 0 Å². The van der Waals surface area contributed by atoms with Gasteiger partial charge in [-0.05, 0) is 61.9 Å². The molecule has 2 atom stereocenters. The van der Waals surface area contributed by atoms with Crippen LogP contribution in [-0.2, 0) is 6.54 Å². The van der Waals surface area contributed by atoms with Gasteiger partial charge in [-0.15, -0.1) is 0 Å². The molecule has 0 fully saturated rings. The highest BCUT2D eigenvalue weighted by Gasteiger charge is 2.27. The zero-order valence-electron chi connectivity index (χ0n) is 20.3. The number of nitrogens with zero attached hydrogens (tertiary/aromatic N) is 4. The number of aryl methyl sites for hydroxylation is 1. The van der Waals surface area contributed by atoms with Gasteiger partial charge >= 0.3 is 11.4 Å². The predicted molar refractivity (Wildman–Crippen MR) is 137 cm³/mol. The quantitative estimate of drug-likeness (QED) is 0.396. The van der Waals surface area contributed by atoms with E-state index in [0.29, 0.717) is 28.4 Å². The van der Waals surface area contributed by atoms with Crippen molar-refractivity contribution in [2.24, 2.45) is 4.99 Å². The largest absolute Gasteiger partial charge is 0.457 e. The van der Waals surface area contributed by atoms with Gasteiger partial charge in [0.25, 0.3) is 0 Å². The number of aliphatic imine (C=N–C) groups is 1. The molecule has 0 aliphatic carbocycles. The molecule has 2 heterocycles. The highest BCUT2D eigenvalue weighted by Crippen LogP contribution is 2.29. The summed E-state index contributed by atoms with van der Waals surface area (Å²) in [4.78, 5) is 33.5. The second-order valence-electron chi connectivity index (χ2n) is 8.83. The van der Waals surface area contributed by atoms with Crippen molar-refractivity contribution < 1.29 is 9.13 Å². The summed E-state index contributed by atoms with van der Waals surface area (Å²) in [6.07, 6.45) is 0.124. The molecule has 1 aliphatic heterocycles. The molecule has 0 amide bonds. The first-order valence-corrected chi connectivity index (χ1v) is 11.7. The number of para-hydroxylation sites is 1. The van der Waals surface area contributed by atoms with E-state index in [1.165, 1.54) is 6.34 Å². The van der Waals surface area contributed by atoms with Crippen LogP contribution in [0.5, 0.6) is 11.5 Å². The van der Waals surface area contributed by atoms with Crippen molar-refractivity contribution in [3.05, 3.63) is 111 Å². The molecule has 37 heavy (non-hydrogen) atoms. The topological polar surface area (TPSA) is 108 Å². The first-order chi connectivity index (χ1) is 17.8. The Balaban J connectivity index is 1.63. The van der Waals surface area contributed by atoms with Crippen molar-refractivity contribution in [3.8, 4) is 22.9 Å². The molecule has 3 aromatic carbocycles. The number of halogens is 1. The fraction of sp³-hybridized carbons (Fsp3) is 0.185. The van der Waals surface area contributed by atoms with Gasteiger partial charge < -0.3 is 9.64 Å². The maximum absolute atomic E-state index is 14.1. The number of alkyl halides is 1. The summed E-state index contributed by atoms with van der Waals surface area (Å²) in [6, 6.07) is 20.9. The number of hydrogen-bond donors (Lipinski definition) is 2. The summed E-state index contributed by atoms with van der Waals surface area (Å²) in [5.74, 6) is 1.12. The number of rotatable bonds is 6. The Bertz CT molecular complexity index is 1660. The van der Waals surface area contributed by atoms with Crippen molar-refractivity contribution in [1.29, 1.82) is 5.41 Å². The number of hydrogen-bond acceptors (Lipinski definition) is 6. The Morgan fingerprint density at radius 3 is 2.32 bits per heavy atom. The van der Waals surface area contributed by atoms with Gasteiger partial charge in [-0.25, -0.2) is 28.1 Å². The first kappa shape index (κ1) is 24.0. The first-order valence-electron chi connectivity index (χ1n) is 11.7. The maximum Gasteiger partial charge on any atom is 0.336 e. The smallest absolute Gasteiger partial charge is 0.336 e. The minimum absolute atomic E-state index is 0.254. The molecular weight excluding hydrogens is 475 g/mol. The summed E-state index contributed by atoms with van der Waals surface area (Å²) in [7, 11) is 0. The van der Waals surface area contributed by atoms with Crippen molar-refractivity contribution in [2.75, 3.05) is 0 Å². The van der Waals surface area contributed by atoms with Gasteiger partial charge in [0, 0.05) is 12.1 Å². The third kappa shape index (κ3) is 4.73. The maximum atomic E-state index is 14.1. The van der Waals surface area contributed by atoms with E-state index in [2.05, 4.69) is 9.98 Å². The van der Waals surface area contributed by atoms with Crippen molar-refractivity contribution in [1.82, 2.24) is 19.0 Å². The fourth-order valence-corrected chi connectivity index (χ4v) is 4.20. The average molecular weight is 501 g/mol. The summed E-state index contributed by atoms with van der Waals surface area (Å²) < 4.78 is 22.4. The van der Waals surface area contributed by atoms with Crippen LogP contribution in [0.25, 0.3) is 11.4 Å². The van der Waals surface area contributed by atoms with Gasteiger partial charge in [0.05, 0.1) is 23.8 Å². The Morgan fingerprint density at radius 1 is 0.973 bits per heavy atom. The summed E-state index contributed by atoms with van der Waals surface area (Å²) in [6.45, 7) is 3.86. The number of H-pyrrole nitrogens is 1. The molecule has 4 aromatic rings. The number of nitrogens with one attached hydrogen (secondary N) is 2. The van der Waals surface area contributed by atoms with Crippen LogP contribution < -0.4 is 21.7 Å². The molecule has 9 nitrogen and oxygen atoms in total. The van der Waals surface area contributed by atoms with E-state index in [1.54, 1.807) is 48.2 Å². The highest BCUT2D eigenvalue weighted by molar-refractivity contribution is 5.59. The summed E-state index contributed by atoms with van der Waals surface area (Å²) >= 11 is 0. The Morgan fingerprint density at radius 2 is 1.68 bits per heavy atom. The molecule has 10 heteroatoms. The van der Waals surface area contributed by atoms with E-state index in [9.17, 15) is 14.0 Å². The minimum atomic E-state index is -1.34. The van der Waals surface area contributed by atoms with Crippen LogP contribution in [0.15, 0.2) is 87.4 Å². The Kier molecular flexibility index (Phi) is 6.31. The lowest BCUT2D eigenvalue weighted by molar-refractivity contribution is 0.219. The highest BCUT2D eigenvalue weighted by atomic mass is 19.1. The normalized spacial score (nSPS) is 16.8. The summed E-state index contributed by atoms with van der Waals surface area (Å²) in [5, 5.41) is 8.75. The second-order valence-corrected chi connectivity index (χ2v) is 8.83. The molecule has 2 unspecified atom stereocenters. The Labute approximate surface area is 211 Å². The summed E-state index contributed by atoms with van der Waals surface area (Å²) in [5.41, 5.74) is 0.580. The molecule has 0 bridgehead atoms. The number of aromatic amines is 1. The molecule has 0 saturated heterocycles. The van der Waals surface area contributed by atoms with Crippen molar-refractivity contribution in [2.45, 2.75) is 32.7 Å². The minimum Gasteiger partial charge on any atom is -0.457 e. The Hall–Kier alpha value is -4.73. The third-order valence-corrected chi connectivity index (χ3v) is 6.21. The molecule has 2 N–H and O–H groups in total. The lowest BCUT2D eigenvalue weighted by Crippen LogP contribution is -2.48. The van der Waals surface area contributed by atoms with E-state index in [4.69, 9.17) is 10.1 Å². The van der Waals surface area contributed by atoms with Gasteiger partial charge in [0.15, 0.2) is 0 Å². The zero-order chi connectivity index (χ0) is 26.1. The second kappa shape index (κ2) is 9.73. The average Bonchev–Trinajstić information content (AvgIpc) is 3.18. The standard InChI is InChI=1S/C27H25FN6O3/c1-17-7-6-8-20(13-17)33-25(29)34(27(36)31-26(33)35)21-11-12-23(37-22-9-4-3-5-10-22)19(14-21)15-32-16-30-24(28)18(32)2/h3-14,16,18,24,29H,15H2,1-2H3,(H,31,35,36). The van der Waals surface area contributed by atoms with Gasteiger partial charge in [-0.2, -0.15) is 0 Å². The van der Waals surface area contributed by atoms with Gasteiger partial charge in [-0.3, -0.25) is 10.4 Å². The molecule has 0 saturated carbocycles. The van der Waals surface area contributed by atoms with Gasteiger partial charge in [0.2, 0.25) is 11.9 Å². The van der Waals surface area contributed by atoms with Crippen LogP contribution >= 0.6 is 0 Å². The molecule has 0 radical (unpaired) electrons. The van der Waals surface area contributed by atoms with E-state index in [0.717, 1.165) is 14.7 Å². The fourth-order valence-electron chi connectivity index (χ4n) is 4.20. The molecule has 0 spiro atoms. The van der Waals surface area contributed by atoms with E-state index < -0.39 is 23.7 Å². The van der Waals surface area contributed by atoms with Crippen molar-refractivity contribution >= 4 is 6.34 Å². The van der Waals surface area contributed by atoms with E-state index in [-0.39, 0.29) is 12.2 Å². The predicted octanol–water partition coefficient (Wildman–Crippen LogP) is 3.42. The zero-order valence-corrected chi connectivity index (χ0v) is 20.3. The van der Waals surface area contributed by atoms with Crippen LogP contribution in [-0.4, -0.2) is 37.7 Å². The van der Waals surface area contributed by atoms with Gasteiger partial charge in [-0.1, -0.05) is 30.3 Å². The monoisotopic (exact) mass is 500 g/mol.